The second-order valence-electron chi connectivity index (χ2n) is 3.81. The largest absolute Gasteiger partial charge is 0.437 e. The van der Waals surface area contributed by atoms with Crippen molar-refractivity contribution >= 4 is 27.0 Å². The van der Waals surface area contributed by atoms with Crippen molar-refractivity contribution in [2.24, 2.45) is 5.73 Å². The normalized spacial score (nSPS) is 16.1. The van der Waals surface area contributed by atoms with Gasteiger partial charge in [0.1, 0.15) is 5.52 Å². The van der Waals surface area contributed by atoms with Crippen molar-refractivity contribution in [2.45, 2.75) is 18.6 Å². The maximum Gasteiger partial charge on any atom is 0.415 e. The van der Waals surface area contributed by atoms with E-state index in [-0.39, 0.29) is 5.58 Å². The van der Waals surface area contributed by atoms with Gasteiger partial charge < -0.3 is 10.2 Å². The minimum absolute atomic E-state index is 0.253. The van der Waals surface area contributed by atoms with Gasteiger partial charge in [0.15, 0.2) is 11.1 Å². The lowest BCUT2D eigenvalue weighted by Crippen LogP contribution is -2.47. The van der Waals surface area contributed by atoms with E-state index in [1.54, 1.807) is 18.2 Å². The number of nitrogens with zero attached hydrogens (tertiary/aromatic N) is 1. The van der Waals surface area contributed by atoms with Crippen LogP contribution in [0.2, 0.25) is 0 Å². The van der Waals surface area contributed by atoms with Gasteiger partial charge in [0, 0.05) is 0 Å². The Labute approximate surface area is 103 Å². The number of rotatable bonds is 1. The highest BCUT2D eigenvalue weighted by atomic mass is 79.9. The van der Waals surface area contributed by atoms with Crippen LogP contribution in [0.1, 0.15) is 12.8 Å². The van der Waals surface area contributed by atoms with Crippen molar-refractivity contribution < 1.29 is 17.6 Å². The molecule has 2 rings (SSSR count). The van der Waals surface area contributed by atoms with Gasteiger partial charge in [0.25, 0.3) is 0 Å². The van der Waals surface area contributed by atoms with Gasteiger partial charge in [-0.2, -0.15) is 13.2 Å². The fourth-order valence-corrected chi connectivity index (χ4v) is 1.70. The molecule has 17 heavy (non-hydrogen) atoms. The van der Waals surface area contributed by atoms with Crippen molar-refractivity contribution in [3.63, 3.8) is 0 Å². The number of hydrogen-bond acceptors (Lipinski definition) is 3. The second-order valence-corrected chi connectivity index (χ2v) is 4.66. The van der Waals surface area contributed by atoms with Gasteiger partial charge in [-0.3, -0.25) is 0 Å². The van der Waals surface area contributed by atoms with Crippen LogP contribution in [0.3, 0.4) is 0 Å². The molecule has 1 aromatic heterocycles. The average Bonchev–Trinajstić information content (AvgIpc) is 2.61. The first-order valence-corrected chi connectivity index (χ1v) is 5.44. The maximum atomic E-state index is 12.7. The molecule has 92 valence electrons. The number of halogens is 4. The van der Waals surface area contributed by atoms with E-state index in [0.717, 1.165) is 6.92 Å². The van der Waals surface area contributed by atoms with Crippen molar-refractivity contribution in [1.82, 2.24) is 4.98 Å². The molecule has 0 radical (unpaired) electrons. The van der Waals surface area contributed by atoms with Crippen molar-refractivity contribution in [3.8, 4) is 0 Å². The first-order chi connectivity index (χ1) is 7.73. The van der Waals surface area contributed by atoms with E-state index in [1.165, 1.54) is 0 Å². The van der Waals surface area contributed by atoms with Crippen LogP contribution in [0.5, 0.6) is 0 Å². The first kappa shape index (κ1) is 12.4. The van der Waals surface area contributed by atoms with E-state index in [9.17, 15) is 13.2 Å². The molecule has 1 heterocycles. The van der Waals surface area contributed by atoms with Crippen LogP contribution in [-0.2, 0) is 5.54 Å². The van der Waals surface area contributed by atoms with Crippen molar-refractivity contribution in [2.75, 3.05) is 0 Å². The standard InChI is InChI=1S/C10H8BrF3N2O/c1-9(15,10(12,13)14)8-16-6-4-2-3-5(11)7(6)17-8/h2-4H,15H2,1H3. The van der Waals surface area contributed by atoms with Crippen LogP contribution < -0.4 is 5.73 Å². The van der Waals surface area contributed by atoms with Crippen LogP contribution in [0.15, 0.2) is 27.1 Å². The number of oxazole rings is 1. The van der Waals surface area contributed by atoms with E-state index in [0.29, 0.717) is 9.99 Å². The number of para-hydroxylation sites is 1. The lowest BCUT2D eigenvalue weighted by atomic mass is 10.0. The number of nitrogens with two attached hydrogens (primary N) is 1. The Kier molecular flexibility index (Phi) is 2.70. The number of hydrogen-bond donors (Lipinski definition) is 1. The Morgan fingerprint density at radius 3 is 2.53 bits per heavy atom. The molecule has 7 heteroatoms. The molecule has 1 aromatic carbocycles. The molecular formula is C10H8BrF3N2O. The van der Waals surface area contributed by atoms with Crippen molar-refractivity contribution in [1.29, 1.82) is 0 Å². The van der Waals surface area contributed by atoms with Gasteiger partial charge in [0.05, 0.1) is 4.47 Å². The molecule has 3 nitrogen and oxygen atoms in total. The minimum Gasteiger partial charge on any atom is -0.437 e. The third kappa shape index (κ3) is 1.93. The zero-order valence-electron chi connectivity index (χ0n) is 8.68. The summed E-state index contributed by atoms with van der Waals surface area (Å²) in [7, 11) is 0. The Hall–Kier alpha value is -1.08. The highest BCUT2D eigenvalue weighted by Crippen LogP contribution is 2.38. The van der Waals surface area contributed by atoms with Gasteiger partial charge in [0.2, 0.25) is 5.89 Å². The van der Waals surface area contributed by atoms with Crippen LogP contribution >= 0.6 is 15.9 Å². The molecule has 0 fully saturated rings. The molecule has 0 aliphatic heterocycles. The molecule has 0 spiro atoms. The molecule has 0 amide bonds. The quantitative estimate of drug-likeness (QED) is 0.879. The highest BCUT2D eigenvalue weighted by Gasteiger charge is 2.53. The van der Waals surface area contributed by atoms with Crippen molar-refractivity contribution in [3.05, 3.63) is 28.6 Å². The summed E-state index contributed by atoms with van der Waals surface area (Å²) in [6, 6.07) is 4.86. The smallest absolute Gasteiger partial charge is 0.415 e. The van der Waals surface area contributed by atoms with Gasteiger partial charge in [-0.15, -0.1) is 0 Å². The summed E-state index contributed by atoms with van der Waals surface area (Å²) < 4.78 is 43.8. The van der Waals surface area contributed by atoms with E-state index in [2.05, 4.69) is 20.9 Å². The predicted molar refractivity (Wildman–Crippen MR) is 59.3 cm³/mol. The van der Waals surface area contributed by atoms with Gasteiger partial charge in [-0.05, 0) is 35.0 Å². The molecule has 2 aromatic rings. The highest BCUT2D eigenvalue weighted by molar-refractivity contribution is 9.10. The molecule has 0 aliphatic carbocycles. The maximum absolute atomic E-state index is 12.7. The van der Waals surface area contributed by atoms with Gasteiger partial charge >= 0.3 is 6.18 Å². The van der Waals surface area contributed by atoms with Gasteiger partial charge in [-0.25, -0.2) is 4.98 Å². The summed E-state index contributed by atoms with van der Waals surface area (Å²) in [5.41, 5.74) is 3.21. The third-order valence-electron chi connectivity index (χ3n) is 2.40. The van der Waals surface area contributed by atoms with Crippen LogP contribution in [-0.4, -0.2) is 11.2 Å². The first-order valence-electron chi connectivity index (χ1n) is 4.64. The Morgan fingerprint density at radius 2 is 2.00 bits per heavy atom. The van der Waals surface area contributed by atoms with E-state index in [4.69, 9.17) is 10.2 Å². The summed E-state index contributed by atoms with van der Waals surface area (Å²) >= 11 is 3.17. The Morgan fingerprint density at radius 1 is 1.35 bits per heavy atom. The van der Waals surface area contributed by atoms with Crippen LogP contribution in [0.4, 0.5) is 13.2 Å². The number of alkyl halides is 3. The van der Waals surface area contributed by atoms with E-state index in [1.807, 2.05) is 0 Å². The summed E-state index contributed by atoms with van der Waals surface area (Å²) in [5.74, 6) is -0.549. The SMILES string of the molecule is CC(N)(c1nc2cccc(Br)c2o1)C(F)(F)F. The van der Waals surface area contributed by atoms with E-state index < -0.39 is 17.6 Å². The Bertz CT molecular complexity index is 562. The molecule has 0 aliphatic rings. The predicted octanol–water partition coefficient (Wildman–Crippen LogP) is 3.33. The fraction of sp³-hybridized carbons (Fsp3) is 0.300. The number of fused-ring (bicyclic) bond motifs is 1. The number of aromatic nitrogens is 1. The summed E-state index contributed by atoms with van der Waals surface area (Å²) in [6.07, 6.45) is -4.62. The lowest BCUT2D eigenvalue weighted by Gasteiger charge is -2.23. The topological polar surface area (TPSA) is 52.0 Å². The Balaban J connectivity index is 2.62. The van der Waals surface area contributed by atoms with Gasteiger partial charge in [-0.1, -0.05) is 6.07 Å². The van der Waals surface area contributed by atoms with E-state index >= 15 is 0 Å². The molecule has 0 bridgehead atoms. The summed E-state index contributed by atoms with van der Waals surface area (Å²) in [5, 5.41) is 0. The summed E-state index contributed by atoms with van der Waals surface area (Å²) in [6.45, 7) is 0.825. The molecule has 1 unspecified atom stereocenters. The molecule has 2 N–H and O–H groups in total. The van der Waals surface area contributed by atoms with Crippen LogP contribution in [0.25, 0.3) is 11.1 Å². The molecular weight excluding hydrogens is 301 g/mol. The minimum atomic E-state index is -4.62. The molecule has 1 atom stereocenters. The lowest BCUT2D eigenvalue weighted by molar-refractivity contribution is -0.189. The zero-order valence-corrected chi connectivity index (χ0v) is 10.3. The third-order valence-corrected chi connectivity index (χ3v) is 3.02. The zero-order chi connectivity index (χ0) is 12.8. The number of benzene rings is 1. The molecule has 0 saturated carbocycles. The average molecular weight is 309 g/mol. The molecule has 0 saturated heterocycles. The second kappa shape index (κ2) is 3.71. The monoisotopic (exact) mass is 308 g/mol. The van der Waals surface area contributed by atoms with Crippen LogP contribution in [0, 0.1) is 0 Å². The fourth-order valence-electron chi connectivity index (χ4n) is 1.26. The summed E-state index contributed by atoms with van der Waals surface area (Å²) in [4.78, 5) is 3.77.